The lowest BCUT2D eigenvalue weighted by Crippen LogP contribution is -2.29. The molecule has 2 aromatic carbocycles. The zero-order chi connectivity index (χ0) is 18.7. The first-order valence-corrected chi connectivity index (χ1v) is 10.4. The highest BCUT2D eigenvalue weighted by Crippen LogP contribution is 2.33. The second-order valence-corrected chi connectivity index (χ2v) is 8.92. The van der Waals surface area contributed by atoms with Crippen LogP contribution in [0.15, 0.2) is 58.3 Å². The highest BCUT2D eigenvalue weighted by molar-refractivity contribution is 7.91. The second-order valence-electron chi connectivity index (χ2n) is 7.01. The average molecular weight is 374 g/mol. The molecule has 1 aliphatic heterocycles. The molecule has 0 spiro atoms. The van der Waals surface area contributed by atoms with Crippen molar-refractivity contribution in [3.63, 3.8) is 0 Å². The summed E-state index contributed by atoms with van der Waals surface area (Å²) in [5, 5.41) is 0. The van der Waals surface area contributed by atoms with Crippen molar-refractivity contribution in [2.24, 2.45) is 0 Å². The first-order chi connectivity index (χ1) is 12.4. The van der Waals surface area contributed by atoms with Crippen molar-refractivity contribution in [3.05, 3.63) is 48.5 Å². The Hall–Kier alpha value is -2.05. The first-order valence-electron chi connectivity index (χ1n) is 8.94. The van der Waals surface area contributed by atoms with E-state index in [0.717, 1.165) is 44.0 Å². The lowest BCUT2D eigenvalue weighted by Gasteiger charge is -2.26. The molecule has 0 atom stereocenters. The number of rotatable bonds is 4. The molecule has 0 aliphatic carbocycles. The van der Waals surface area contributed by atoms with Crippen molar-refractivity contribution in [3.8, 4) is 0 Å². The van der Waals surface area contributed by atoms with E-state index in [1.54, 1.807) is 30.3 Å². The van der Waals surface area contributed by atoms with Crippen LogP contribution >= 0.6 is 0 Å². The smallest absolute Gasteiger partial charge is 0.208 e. The molecule has 0 aromatic heterocycles. The summed E-state index contributed by atoms with van der Waals surface area (Å²) in [6, 6.07) is 14.3. The number of likely N-dealkylation sites (N-methyl/N-ethyl adjacent to an activating group) is 1. The molecule has 3 rings (SSSR count). The third kappa shape index (κ3) is 3.86. The lowest BCUT2D eigenvalue weighted by atomic mass is 10.2. The third-order valence-electron chi connectivity index (χ3n) is 4.85. The Bertz CT molecular complexity index is 851. The van der Waals surface area contributed by atoms with Crippen molar-refractivity contribution in [2.75, 3.05) is 57.1 Å². The van der Waals surface area contributed by atoms with E-state index in [4.69, 9.17) is 0 Å². The summed E-state index contributed by atoms with van der Waals surface area (Å²) in [5.74, 6) is 0. The Morgan fingerprint density at radius 2 is 1.65 bits per heavy atom. The maximum absolute atomic E-state index is 13.1. The number of anilines is 2. The molecule has 0 N–H and O–H groups in total. The zero-order valence-corrected chi connectivity index (χ0v) is 16.5. The summed E-state index contributed by atoms with van der Waals surface area (Å²) < 4.78 is 26.2. The molecule has 1 heterocycles. The molecule has 140 valence electrons. The van der Waals surface area contributed by atoms with E-state index in [1.165, 1.54) is 0 Å². The fraction of sp³-hybridized carbons (Fsp3) is 0.400. The average Bonchev–Trinajstić information content (AvgIpc) is 2.86. The second kappa shape index (κ2) is 7.68. The maximum Gasteiger partial charge on any atom is 0.208 e. The van der Waals surface area contributed by atoms with Gasteiger partial charge in [-0.25, -0.2) is 8.42 Å². The minimum absolute atomic E-state index is 0.326. The SMILES string of the molecule is CN1CCCN(c2ccc(S(=O)(=O)c3ccccc3)c(N(C)C)c2)CC1. The molecule has 26 heavy (non-hydrogen) atoms. The fourth-order valence-electron chi connectivity index (χ4n) is 3.31. The molecule has 6 heteroatoms. The summed E-state index contributed by atoms with van der Waals surface area (Å²) in [4.78, 5) is 7.23. The van der Waals surface area contributed by atoms with Crippen LogP contribution in [0.25, 0.3) is 0 Å². The molecule has 1 saturated heterocycles. The van der Waals surface area contributed by atoms with Crippen LogP contribution < -0.4 is 9.80 Å². The van der Waals surface area contributed by atoms with E-state index in [1.807, 2.05) is 37.2 Å². The lowest BCUT2D eigenvalue weighted by molar-refractivity contribution is 0.360. The quantitative estimate of drug-likeness (QED) is 0.824. The van der Waals surface area contributed by atoms with E-state index in [-0.39, 0.29) is 0 Å². The molecule has 5 nitrogen and oxygen atoms in total. The molecular weight excluding hydrogens is 346 g/mol. The van der Waals surface area contributed by atoms with Gasteiger partial charge in [-0.2, -0.15) is 0 Å². The molecule has 0 unspecified atom stereocenters. The Kier molecular flexibility index (Phi) is 5.53. The van der Waals surface area contributed by atoms with Crippen molar-refractivity contribution in [1.29, 1.82) is 0 Å². The summed E-state index contributed by atoms with van der Waals surface area (Å²) >= 11 is 0. The van der Waals surface area contributed by atoms with E-state index in [9.17, 15) is 8.42 Å². The summed E-state index contributed by atoms with van der Waals surface area (Å²) in [7, 11) is 2.37. The van der Waals surface area contributed by atoms with Crippen LogP contribution in [0.1, 0.15) is 6.42 Å². The minimum Gasteiger partial charge on any atom is -0.377 e. The van der Waals surface area contributed by atoms with Crippen LogP contribution in [0.2, 0.25) is 0 Å². The Labute approximate surface area is 156 Å². The Balaban J connectivity index is 2.00. The van der Waals surface area contributed by atoms with Crippen LogP contribution in [0.4, 0.5) is 11.4 Å². The van der Waals surface area contributed by atoms with Crippen molar-refractivity contribution < 1.29 is 8.42 Å². The highest BCUT2D eigenvalue weighted by atomic mass is 32.2. The molecule has 0 amide bonds. The fourth-order valence-corrected chi connectivity index (χ4v) is 4.84. The van der Waals surface area contributed by atoms with Gasteiger partial charge in [-0.15, -0.1) is 0 Å². The number of hydrogen-bond donors (Lipinski definition) is 0. The van der Waals surface area contributed by atoms with Gasteiger partial charge in [0.05, 0.1) is 15.5 Å². The highest BCUT2D eigenvalue weighted by Gasteiger charge is 2.23. The van der Waals surface area contributed by atoms with Gasteiger partial charge in [0.15, 0.2) is 0 Å². The van der Waals surface area contributed by atoms with E-state index in [2.05, 4.69) is 16.8 Å². The van der Waals surface area contributed by atoms with Gasteiger partial charge in [0, 0.05) is 39.4 Å². The normalized spacial score (nSPS) is 16.3. The number of nitrogens with zero attached hydrogens (tertiary/aromatic N) is 3. The molecule has 0 radical (unpaired) electrons. The van der Waals surface area contributed by atoms with Crippen LogP contribution in [-0.4, -0.2) is 60.6 Å². The van der Waals surface area contributed by atoms with Gasteiger partial charge < -0.3 is 14.7 Å². The van der Waals surface area contributed by atoms with Crippen molar-refractivity contribution in [2.45, 2.75) is 16.2 Å². The summed E-state index contributed by atoms with van der Waals surface area (Å²) in [6.07, 6.45) is 1.11. The van der Waals surface area contributed by atoms with Crippen molar-refractivity contribution >= 4 is 21.2 Å². The monoisotopic (exact) mass is 373 g/mol. The molecule has 1 aliphatic rings. The van der Waals surface area contributed by atoms with E-state index in [0.29, 0.717) is 9.79 Å². The Morgan fingerprint density at radius 3 is 2.35 bits per heavy atom. The van der Waals surface area contributed by atoms with Crippen LogP contribution in [0.3, 0.4) is 0 Å². The van der Waals surface area contributed by atoms with Gasteiger partial charge in [0.1, 0.15) is 0 Å². The standard InChI is InChI=1S/C20H27N3O2S/c1-21(2)19-16-17(23-13-7-12-22(3)14-15-23)10-11-20(19)26(24,25)18-8-5-4-6-9-18/h4-6,8-11,16H,7,12-15H2,1-3H3. The molecule has 0 bridgehead atoms. The predicted molar refractivity (Wildman–Crippen MR) is 107 cm³/mol. The Morgan fingerprint density at radius 1 is 0.923 bits per heavy atom. The molecule has 0 saturated carbocycles. The van der Waals surface area contributed by atoms with Crippen LogP contribution in [0, 0.1) is 0 Å². The first kappa shape index (κ1) is 18.7. The van der Waals surface area contributed by atoms with E-state index < -0.39 is 9.84 Å². The van der Waals surface area contributed by atoms with Gasteiger partial charge >= 0.3 is 0 Å². The van der Waals surface area contributed by atoms with Gasteiger partial charge in [-0.05, 0) is 50.3 Å². The van der Waals surface area contributed by atoms with Crippen LogP contribution in [-0.2, 0) is 9.84 Å². The molecule has 2 aromatic rings. The van der Waals surface area contributed by atoms with Gasteiger partial charge in [0.2, 0.25) is 9.84 Å². The summed E-state index contributed by atoms with van der Waals surface area (Å²) in [6.45, 7) is 4.05. The summed E-state index contributed by atoms with van der Waals surface area (Å²) in [5.41, 5.74) is 1.81. The molecular formula is C20H27N3O2S. The number of benzene rings is 2. The maximum atomic E-state index is 13.1. The van der Waals surface area contributed by atoms with E-state index >= 15 is 0 Å². The minimum atomic E-state index is -3.55. The topological polar surface area (TPSA) is 43.9 Å². The number of hydrogen-bond acceptors (Lipinski definition) is 5. The predicted octanol–water partition coefficient (Wildman–Crippen LogP) is 2.73. The van der Waals surface area contributed by atoms with Gasteiger partial charge in [0.25, 0.3) is 0 Å². The largest absolute Gasteiger partial charge is 0.377 e. The van der Waals surface area contributed by atoms with Crippen LogP contribution in [0.5, 0.6) is 0 Å². The van der Waals surface area contributed by atoms with Crippen molar-refractivity contribution in [1.82, 2.24) is 4.90 Å². The zero-order valence-electron chi connectivity index (χ0n) is 15.7. The number of sulfone groups is 1. The third-order valence-corrected chi connectivity index (χ3v) is 6.67. The molecule has 1 fully saturated rings. The van der Waals surface area contributed by atoms with Gasteiger partial charge in [-0.3, -0.25) is 0 Å². The van der Waals surface area contributed by atoms with Gasteiger partial charge in [-0.1, -0.05) is 18.2 Å².